The maximum Gasteiger partial charge on any atom is 0.279 e. The number of anilines is 1. The van der Waals surface area contributed by atoms with Gasteiger partial charge < -0.3 is 10.2 Å². The Balaban J connectivity index is 1.64. The highest BCUT2D eigenvalue weighted by Crippen LogP contribution is 2.24. The highest BCUT2D eigenvalue weighted by molar-refractivity contribution is 7.10. The summed E-state index contributed by atoms with van der Waals surface area (Å²) in [5, 5.41) is 14.2. The average molecular weight is 347 g/mol. The van der Waals surface area contributed by atoms with Crippen LogP contribution in [0.3, 0.4) is 0 Å². The van der Waals surface area contributed by atoms with Crippen molar-refractivity contribution in [3.63, 3.8) is 0 Å². The zero-order valence-electron chi connectivity index (χ0n) is 12.7. The van der Waals surface area contributed by atoms with Crippen molar-refractivity contribution >= 4 is 34.5 Å². The van der Waals surface area contributed by atoms with Gasteiger partial charge in [-0.25, -0.2) is 0 Å². The molecule has 1 amide bonds. The predicted octanol–water partition coefficient (Wildman–Crippen LogP) is 2.41. The number of nitrogens with one attached hydrogen (secondary N) is 2. The van der Waals surface area contributed by atoms with Gasteiger partial charge in [-0.1, -0.05) is 11.6 Å². The van der Waals surface area contributed by atoms with Gasteiger partial charge in [0.1, 0.15) is 12.1 Å². The molecular weight excluding hydrogens is 330 g/mol. The molecule has 2 heterocycles. The molecule has 1 aliphatic heterocycles. The fourth-order valence-corrected chi connectivity index (χ4v) is 4.19. The zero-order chi connectivity index (χ0) is 16.4. The number of carbonyl (C=O) groups is 1. The van der Waals surface area contributed by atoms with E-state index in [1.807, 2.05) is 6.07 Å². The van der Waals surface area contributed by atoms with E-state index in [4.69, 9.17) is 16.9 Å². The van der Waals surface area contributed by atoms with Crippen LogP contribution in [-0.4, -0.2) is 19.0 Å². The van der Waals surface area contributed by atoms with Crippen LogP contribution in [0.15, 0.2) is 29.6 Å². The Hall–Kier alpha value is -1.87. The van der Waals surface area contributed by atoms with Crippen molar-refractivity contribution in [1.82, 2.24) is 0 Å². The lowest BCUT2D eigenvalue weighted by Gasteiger charge is -2.29. The van der Waals surface area contributed by atoms with Gasteiger partial charge in [-0.3, -0.25) is 4.79 Å². The van der Waals surface area contributed by atoms with E-state index < -0.39 is 0 Å². The van der Waals surface area contributed by atoms with E-state index in [-0.39, 0.29) is 5.91 Å². The lowest BCUT2D eigenvalue weighted by atomic mass is 10.0. The van der Waals surface area contributed by atoms with Crippen molar-refractivity contribution < 1.29 is 9.69 Å². The molecule has 3 rings (SSSR count). The van der Waals surface area contributed by atoms with Crippen LogP contribution in [0, 0.1) is 11.3 Å². The first-order valence-corrected chi connectivity index (χ1v) is 8.74. The Labute approximate surface area is 144 Å². The van der Waals surface area contributed by atoms with Crippen LogP contribution in [0.1, 0.15) is 29.0 Å². The molecule has 1 aliphatic rings. The fraction of sp³-hybridized carbons (Fsp3) is 0.294. The van der Waals surface area contributed by atoms with Gasteiger partial charge >= 0.3 is 0 Å². The van der Waals surface area contributed by atoms with Crippen LogP contribution in [0.5, 0.6) is 0 Å². The third-order valence-electron chi connectivity index (χ3n) is 4.29. The molecule has 0 bridgehead atoms. The van der Waals surface area contributed by atoms with Crippen LogP contribution in [0.25, 0.3) is 0 Å². The quantitative estimate of drug-likeness (QED) is 0.896. The Morgan fingerprint density at radius 1 is 1.52 bits per heavy atom. The summed E-state index contributed by atoms with van der Waals surface area (Å²) in [4.78, 5) is 15.0. The number of thiophene rings is 1. The number of hydrogen-bond donors (Lipinski definition) is 2. The summed E-state index contributed by atoms with van der Waals surface area (Å²) in [6.07, 6.45) is 1.03. The predicted molar refractivity (Wildman–Crippen MR) is 91.9 cm³/mol. The minimum absolute atomic E-state index is 0.0358. The summed E-state index contributed by atoms with van der Waals surface area (Å²) >= 11 is 7.80. The Morgan fingerprint density at radius 3 is 3.09 bits per heavy atom. The van der Waals surface area contributed by atoms with Gasteiger partial charge in [0.05, 0.1) is 17.1 Å². The largest absolute Gasteiger partial charge is 0.321 e. The van der Waals surface area contributed by atoms with Gasteiger partial charge in [-0.15, -0.1) is 11.3 Å². The molecule has 0 saturated heterocycles. The lowest BCUT2D eigenvalue weighted by Crippen LogP contribution is -3.14. The highest BCUT2D eigenvalue weighted by atomic mass is 35.5. The fourth-order valence-electron chi connectivity index (χ4n) is 2.99. The minimum atomic E-state index is -0.0358. The molecule has 0 radical (unpaired) electrons. The number of amides is 1. The van der Waals surface area contributed by atoms with Gasteiger partial charge in [-0.05, 0) is 36.6 Å². The molecule has 0 aliphatic carbocycles. The van der Waals surface area contributed by atoms with E-state index in [1.165, 1.54) is 15.3 Å². The highest BCUT2D eigenvalue weighted by Gasteiger charge is 2.29. The van der Waals surface area contributed by atoms with E-state index in [0.717, 1.165) is 13.0 Å². The molecule has 0 saturated carbocycles. The van der Waals surface area contributed by atoms with Crippen molar-refractivity contribution in [3.05, 3.63) is 50.7 Å². The molecule has 1 aromatic heterocycles. The number of hydrogen-bond acceptors (Lipinski definition) is 3. The Kier molecular flexibility index (Phi) is 4.67. The Morgan fingerprint density at radius 2 is 2.35 bits per heavy atom. The molecule has 2 aromatic rings. The number of carbonyl (C=O) groups excluding carboxylic acids is 1. The number of fused-ring (bicyclic) bond motifs is 1. The van der Waals surface area contributed by atoms with Crippen molar-refractivity contribution in [1.29, 1.82) is 5.26 Å². The molecule has 118 valence electrons. The number of rotatable bonds is 3. The van der Waals surface area contributed by atoms with Crippen LogP contribution in [0.2, 0.25) is 5.02 Å². The molecule has 2 atom stereocenters. The normalized spacial score (nSPS) is 19.7. The van der Waals surface area contributed by atoms with E-state index in [2.05, 4.69) is 23.7 Å². The topological polar surface area (TPSA) is 57.3 Å². The van der Waals surface area contributed by atoms with Gasteiger partial charge in [0, 0.05) is 22.5 Å². The molecule has 2 N–H and O–H groups in total. The van der Waals surface area contributed by atoms with E-state index in [0.29, 0.717) is 28.9 Å². The molecule has 23 heavy (non-hydrogen) atoms. The molecule has 1 aromatic carbocycles. The van der Waals surface area contributed by atoms with Crippen molar-refractivity contribution in [2.45, 2.75) is 19.4 Å². The molecule has 6 heteroatoms. The smallest absolute Gasteiger partial charge is 0.279 e. The second-order valence-electron chi connectivity index (χ2n) is 5.71. The van der Waals surface area contributed by atoms with Gasteiger partial charge in [-0.2, -0.15) is 5.26 Å². The Bertz CT molecular complexity index is 780. The summed E-state index contributed by atoms with van der Waals surface area (Å²) in [6.45, 7) is 3.57. The third-order valence-corrected chi connectivity index (χ3v) is 5.60. The van der Waals surface area contributed by atoms with Crippen molar-refractivity contribution in [2.75, 3.05) is 18.4 Å². The summed E-state index contributed by atoms with van der Waals surface area (Å²) in [5.41, 5.74) is 2.40. The summed E-state index contributed by atoms with van der Waals surface area (Å²) < 4.78 is 0. The molecule has 0 fully saturated rings. The molecule has 1 unspecified atom stereocenters. The van der Waals surface area contributed by atoms with Crippen LogP contribution in [-0.2, 0) is 11.2 Å². The number of nitrogens with zero attached hydrogens (tertiary/aromatic N) is 1. The zero-order valence-corrected chi connectivity index (χ0v) is 14.3. The first kappa shape index (κ1) is 16.0. The number of quaternary nitrogens is 1. The van der Waals surface area contributed by atoms with Gasteiger partial charge in [0.15, 0.2) is 6.54 Å². The number of nitriles is 1. The SMILES string of the molecule is C[C@@H]1c2ccsc2CC[NH+]1CC(=O)Nc1ccc(C#N)c(Cl)c1. The van der Waals surface area contributed by atoms with E-state index in [1.54, 1.807) is 29.5 Å². The summed E-state index contributed by atoms with van der Waals surface area (Å²) in [5.74, 6) is -0.0358. The third kappa shape index (κ3) is 3.40. The number of benzene rings is 1. The molecular formula is C17H17ClN3OS+. The van der Waals surface area contributed by atoms with Crippen LogP contribution in [0.4, 0.5) is 5.69 Å². The minimum Gasteiger partial charge on any atom is -0.321 e. The average Bonchev–Trinajstić information content (AvgIpc) is 3.00. The van der Waals surface area contributed by atoms with Crippen LogP contribution >= 0.6 is 22.9 Å². The molecule has 0 spiro atoms. The first-order chi connectivity index (χ1) is 11.1. The maximum atomic E-state index is 12.3. The first-order valence-electron chi connectivity index (χ1n) is 7.49. The van der Waals surface area contributed by atoms with Crippen molar-refractivity contribution in [2.24, 2.45) is 0 Å². The summed E-state index contributed by atoms with van der Waals surface area (Å²) in [7, 11) is 0. The van der Waals surface area contributed by atoms with Gasteiger partial charge in [0.25, 0.3) is 5.91 Å². The lowest BCUT2D eigenvalue weighted by molar-refractivity contribution is -0.923. The van der Waals surface area contributed by atoms with Gasteiger partial charge in [0.2, 0.25) is 0 Å². The maximum absolute atomic E-state index is 12.3. The van der Waals surface area contributed by atoms with Crippen molar-refractivity contribution in [3.8, 4) is 6.07 Å². The summed E-state index contributed by atoms with van der Waals surface area (Å²) in [6, 6.07) is 9.44. The molecule has 4 nitrogen and oxygen atoms in total. The van der Waals surface area contributed by atoms with E-state index in [9.17, 15) is 4.79 Å². The van der Waals surface area contributed by atoms with Crippen LogP contribution < -0.4 is 10.2 Å². The second-order valence-corrected chi connectivity index (χ2v) is 7.12. The number of halogens is 1. The van der Waals surface area contributed by atoms with E-state index >= 15 is 0 Å². The standard InChI is InChI=1S/C17H16ClN3OS/c1-11-14-5-7-23-16(14)4-6-21(11)10-17(22)20-13-3-2-12(9-19)15(18)8-13/h2-3,5,7-8,11H,4,6,10H2,1H3,(H,20,22)/p+1/t11-/m1/s1. The second kappa shape index (κ2) is 6.71. The monoisotopic (exact) mass is 346 g/mol.